The Hall–Kier alpha value is -1.37. The van der Waals surface area contributed by atoms with Crippen LogP contribution in [0.2, 0.25) is 0 Å². The Kier molecular flexibility index (Phi) is 4.15. The molecule has 0 bridgehead atoms. The van der Waals surface area contributed by atoms with E-state index in [-0.39, 0.29) is 30.6 Å². The van der Waals surface area contributed by atoms with Gasteiger partial charge in [-0.15, -0.1) is 0 Å². The number of alkyl halides is 1. The van der Waals surface area contributed by atoms with E-state index in [0.29, 0.717) is 19.3 Å². The minimum absolute atomic E-state index is 0.0120. The van der Waals surface area contributed by atoms with Crippen molar-refractivity contribution in [3.8, 4) is 0 Å². The molecule has 0 heterocycles. The van der Waals surface area contributed by atoms with Crippen LogP contribution < -0.4 is 5.73 Å². The van der Waals surface area contributed by atoms with Crippen LogP contribution >= 0.6 is 0 Å². The molecule has 154 valence electrons. The van der Waals surface area contributed by atoms with Crippen LogP contribution in [0.3, 0.4) is 0 Å². The van der Waals surface area contributed by atoms with Gasteiger partial charge in [-0.05, 0) is 56.6 Å². The van der Waals surface area contributed by atoms with Gasteiger partial charge in [0.15, 0.2) is 17.2 Å². The first-order chi connectivity index (χ1) is 13.0. The van der Waals surface area contributed by atoms with Gasteiger partial charge in [-0.1, -0.05) is 25.5 Å². The number of nitrogens with two attached hydrogens (primary N) is 1. The number of Topliss-reactive ketones (excluding diaryl/α,β-unsaturated/α-hetero) is 1. The summed E-state index contributed by atoms with van der Waals surface area (Å²) in [6.07, 6.45) is 4.70. The number of ketones is 2. The number of hydrogen-bond acceptors (Lipinski definition) is 5. The highest BCUT2D eigenvalue weighted by Gasteiger charge is 2.75. The molecule has 0 aromatic heterocycles. The molecule has 4 aliphatic carbocycles. The van der Waals surface area contributed by atoms with Crippen molar-refractivity contribution >= 4 is 11.6 Å². The van der Waals surface area contributed by atoms with Crippen LogP contribution in [0.15, 0.2) is 23.8 Å². The van der Waals surface area contributed by atoms with Crippen LogP contribution in [-0.4, -0.2) is 45.7 Å². The molecule has 8 atom stereocenters. The molecule has 0 saturated heterocycles. The summed E-state index contributed by atoms with van der Waals surface area (Å²) in [5, 5.41) is 22.6. The number of aliphatic hydroxyl groups excluding tert-OH is 1. The van der Waals surface area contributed by atoms with Crippen molar-refractivity contribution in [3.63, 3.8) is 0 Å². The van der Waals surface area contributed by atoms with E-state index < -0.39 is 39.9 Å². The normalized spacial score (nSPS) is 52.5. The first-order valence-corrected chi connectivity index (χ1v) is 10.2. The fraction of sp³-hybridized carbons (Fsp3) is 0.727. The van der Waals surface area contributed by atoms with Crippen molar-refractivity contribution < 1.29 is 24.2 Å². The molecule has 0 radical (unpaired) electrons. The van der Waals surface area contributed by atoms with Crippen LogP contribution in [0.1, 0.15) is 46.5 Å². The van der Waals surface area contributed by atoms with Crippen molar-refractivity contribution in [1.82, 2.24) is 0 Å². The van der Waals surface area contributed by atoms with Gasteiger partial charge < -0.3 is 15.9 Å². The van der Waals surface area contributed by atoms with Crippen molar-refractivity contribution in [2.45, 2.75) is 63.8 Å². The highest BCUT2D eigenvalue weighted by molar-refractivity contribution is 6.01. The summed E-state index contributed by atoms with van der Waals surface area (Å²) in [4.78, 5) is 24.5. The molecule has 0 spiro atoms. The number of allylic oxidation sites excluding steroid dienone is 4. The first kappa shape index (κ1) is 19.9. The van der Waals surface area contributed by atoms with Crippen LogP contribution in [0.4, 0.5) is 4.39 Å². The Morgan fingerprint density at radius 2 is 2.04 bits per heavy atom. The average Bonchev–Trinajstić information content (AvgIpc) is 2.84. The summed E-state index contributed by atoms with van der Waals surface area (Å²) in [6.45, 7) is 5.11. The van der Waals surface area contributed by atoms with Crippen molar-refractivity contribution in [1.29, 1.82) is 0 Å². The molecule has 5 nitrogen and oxygen atoms in total. The van der Waals surface area contributed by atoms with E-state index in [2.05, 4.69) is 0 Å². The van der Waals surface area contributed by atoms with E-state index in [4.69, 9.17) is 5.73 Å². The second-order valence-electron chi connectivity index (χ2n) is 9.80. The summed E-state index contributed by atoms with van der Waals surface area (Å²) >= 11 is 0. The van der Waals surface area contributed by atoms with Crippen molar-refractivity contribution in [2.75, 3.05) is 6.54 Å². The molecular weight excluding hydrogens is 361 g/mol. The second-order valence-corrected chi connectivity index (χ2v) is 9.80. The highest BCUT2D eigenvalue weighted by atomic mass is 19.1. The fourth-order valence-corrected chi connectivity index (χ4v) is 7.30. The monoisotopic (exact) mass is 391 g/mol. The molecule has 4 N–H and O–H groups in total. The zero-order chi connectivity index (χ0) is 20.7. The molecule has 3 saturated carbocycles. The summed E-state index contributed by atoms with van der Waals surface area (Å²) in [7, 11) is 0. The predicted molar refractivity (Wildman–Crippen MR) is 102 cm³/mol. The Labute approximate surface area is 164 Å². The molecule has 3 fully saturated rings. The molecule has 4 rings (SSSR count). The number of fused-ring (bicyclic) bond motifs is 5. The van der Waals surface area contributed by atoms with E-state index in [1.807, 2.05) is 13.8 Å². The van der Waals surface area contributed by atoms with Crippen LogP contribution in [0.5, 0.6) is 0 Å². The number of aliphatic hydroxyl groups is 2. The van der Waals surface area contributed by atoms with Gasteiger partial charge in [-0.3, -0.25) is 9.59 Å². The lowest BCUT2D eigenvalue weighted by molar-refractivity contribution is -0.218. The maximum absolute atomic E-state index is 16.9. The lowest BCUT2D eigenvalue weighted by Gasteiger charge is -2.62. The Bertz CT molecular complexity index is 808. The van der Waals surface area contributed by atoms with Gasteiger partial charge in [-0.25, -0.2) is 4.39 Å². The standard InChI is InChI=1S/C22H30FNO4/c1-12-8-16-15-5-4-13-9-14(25)6-7-19(13,2)21(15,23)17(26)10-20(16,3)22(12,28)18(27)11-24/h6-7,9,12,15-17,26,28H,4-5,8,10-11,24H2,1-3H3/t12-,15-,16-,17+,19-,20-,21-,22-/m0/s1. The maximum Gasteiger partial charge on any atom is 0.178 e. The minimum Gasteiger partial charge on any atom is -0.390 e. The van der Waals surface area contributed by atoms with E-state index in [1.165, 1.54) is 12.2 Å². The van der Waals surface area contributed by atoms with Crippen LogP contribution in [-0.2, 0) is 9.59 Å². The lowest BCUT2D eigenvalue weighted by atomic mass is 9.44. The number of hydrogen-bond donors (Lipinski definition) is 3. The number of halogens is 1. The zero-order valence-electron chi connectivity index (χ0n) is 16.7. The molecule has 4 aliphatic rings. The number of rotatable bonds is 2. The largest absolute Gasteiger partial charge is 0.390 e. The quantitative estimate of drug-likeness (QED) is 0.667. The van der Waals surface area contributed by atoms with Gasteiger partial charge in [-0.2, -0.15) is 0 Å². The fourth-order valence-electron chi connectivity index (χ4n) is 7.30. The molecule has 0 aliphatic heterocycles. The van der Waals surface area contributed by atoms with Crippen molar-refractivity contribution in [2.24, 2.45) is 34.3 Å². The topological polar surface area (TPSA) is 101 Å². The third-order valence-corrected chi connectivity index (χ3v) is 8.83. The van der Waals surface area contributed by atoms with Gasteiger partial charge in [0.2, 0.25) is 0 Å². The molecule has 6 heteroatoms. The van der Waals surface area contributed by atoms with E-state index in [1.54, 1.807) is 13.0 Å². The van der Waals surface area contributed by atoms with Crippen LogP contribution in [0, 0.1) is 28.6 Å². The lowest BCUT2D eigenvalue weighted by Crippen LogP contribution is -2.69. The molecule has 0 amide bonds. The van der Waals surface area contributed by atoms with Gasteiger partial charge >= 0.3 is 0 Å². The Balaban J connectivity index is 1.84. The number of carbonyl (C=O) groups excluding carboxylic acids is 2. The Morgan fingerprint density at radius 1 is 1.36 bits per heavy atom. The molecule has 0 aromatic rings. The summed E-state index contributed by atoms with van der Waals surface area (Å²) < 4.78 is 16.9. The zero-order valence-corrected chi connectivity index (χ0v) is 16.7. The first-order valence-electron chi connectivity index (χ1n) is 10.2. The van der Waals surface area contributed by atoms with Crippen molar-refractivity contribution in [3.05, 3.63) is 23.8 Å². The maximum atomic E-state index is 16.9. The number of carbonyl (C=O) groups is 2. The van der Waals surface area contributed by atoms with Gasteiger partial charge in [0.25, 0.3) is 0 Å². The Morgan fingerprint density at radius 3 is 2.68 bits per heavy atom. The molecular formula is C22H30FNO4. The highest BCUT2D eigenvalue weighted by Crippen LogP contribution is 2.70. The summed E-state index contributed by atoms with van der Waals surface area (Å²) in [5.74, 6) is -1.71. The van der Waals surface area contributed by atoms with E-state index in [0.717, 1.165) is 5.57 Å². The summed E-state index contributed by atoms with van der Waals surface area (Å²) in [5.41, 5.74) is 0.711. The van der Waals surface area contributed by atoms with E-state index in [9.17, 15) is 19.8 Å². The van der Waals surface area contributed by atoms with Gasteiger partial charge in [0.1, 0.15) is 5.60 Å². The molecule has 28 heavy (non-hydrogen) atoms. The molecule has 0 aromatic carbocycles. The van der Waals surface area contributed by atoms with Gasteiger partial charge in [0, 0.05) is 16.7 Å². The SMILES string of the molecule is C[C@H]1C[C@H]2[C@@H]3CCC4=CC(=O)C=C[C@]4(C)[C@@]3(F)[C@H](O)C[C@]2(C)[C@@]1(O)C(=O)CN. The predicted octanol–water partition coefficient (Wildman–Crippen LogP) is 1.86. The second kappa shape index (κ2) is 5.83. The average molecular weight is 391 g/mol. The van der Waals surface area contributed by atoms with E-state index >= 15 is 4.39 Å². The third-order valence-electron chi connectivity index (χ3n) is 8.83. The third kappa shape index (κ3) is 2.01. The molecule has 0 unspecified atom stereocenters. The summed E-state index contributed by atoms with van der Waals surface area (Å²) in [6, 6.07) is 0. The van der Waals surface area contributed by atoms with Crippen LogP contribution in [0.25, 0.3) is 0 Å². The van der Waals surface area contributed by atoms with Gasteiger partial charge in [0.05, 0.1) is 12.6 Å². The smallest absolute Gasteiger partial charge is 0.178 e. The minimum atomic E-state index is -1.95.